The lowest BCUT2D eigenvalue weighted by Crippen LogP contribution is -2.35. The number of thiazole rings is 1. The van der Waals surface area contributed by atoms with E-state index >= 15 is 0 Å². The molecule has 3 rings (SSSR count). The highest BCUT2D eigenvalue weighted by molar-refractivity contribution is 7.22. The van der Waals surface area contributed by atoms with E-state index in [1.807, 2.05) is 24.3 Å². The summed E-state index contributed by atoms with van der Waals surface area (Å²) in [7, 11) is 0. The molecule has 8 heteroatoms. The van der Waals surface area contributed by atoms with E-state index < -0.39 is 23.6 Å². The molecule has 26 heavy (non-hydrogen) atoms. The monoisotopic (exact) mass is 374 g/mol. The quantitative estimate of drug-likeness (QED) is 0.526. The molecule has 0 aliphatic heterocycles. The van der Waals surface area contributed by atoms with E-state index in [4.69, 9.17) is 0 Å². The maximum atomic E-state index is 13.7. The minimum absolute atomic E-state index is 0.124. The van der Waals surface area contributed by atoms with Crippen molar-refractivity contribution in [2.45, 2.75) is 19.9 Å². The summed E-state index contributed by atoms with van der Waals surface area (Å²) in [5, 5.41) is 7.53. The lowest BCUT2D eigenvalue weighted by Gasteiger charge is -2.11. The molecule has 0 unspecified atom stereocenters. The predicted molar refractivity (Wildman–Crippen MR) is 99.4 cm³/mol. The molecule has 3 aromatic rings. The molecule has 0 aliphatic carbocycles. The summed E-state index contributed by atoms with van der Waals surface area (Å²) in [6, 6.07) is 10.3. The number of fused-ring (bicyclic) bond motifs is 1. The Morgan fingerprint density at radius 2 is 2.00 bits per heavy atom. The van der Waals surface area contributed by atoms with E-state index in [1.54, 1.807) is 6.92 Å². The smallest absolute Gasteiger partial charge is 0.262 e. The van der Waals surface area contributed by atoms with Gasteiger partial charge in [0.05, 0.1) is 15.9 Å². The van der Waals surface area contributed by atoms with Crippen LogP contribution in [0.2, 0.25) is 0 Å². The number of anilines is 1. The Morgan fingerprint density at radius 3 is 2.73 bits per heavy atom. The van der Waals surface area contributed by atoms with Gasteiger partial charge in [-0.05, 0) is 38.1 Å². The summed E-state index contributed by atoms with van der Waals surface area (Å²) in [5.74, 6) is -1.80. The highest BCUT2D eigenvalue weighted by atomic mass is 32.1. The van der Waals surface area contributed by atoms with E-state index in [2.05, 4.69) is 20.8 Å². The molecule has 0 aliphatic rings. The van der Waals surface area contributed by atoms with Crippen molar-refractivity contribution in [3.8, 4) is 0 Å². The van der Waals surface area contributed by atoms with E-state index in [0.29, 0.717) is 5.13 Å². The van der Waals surface area contributed by atoms with Gasteiger partial charge in [0.1, 0.15) is 17.7 Å². The molecule has 1 atom stereocenters. The van der Waals surface area contributed by atoms with E-state index in [1.165, 1.54) is 24.3 Å². The molecule has 0 spiro atoms. The van der Waals surface area contributed by atoms with Crippen molar-refractivity contribution in [2.24, 2.45) is 5.10 Å². The third-order valence-corrected chi connectivity index (χ3v) is 4.65. The highest BCUT2D eigenvalue weighted by Gasteiger charge is 2.15. The Bertz CT molecular complexity index is 953. The molecule has 0 saturated heterocycles. The van der Waals surface area contributed by atoms with Crippen LogP contribution in [-0.4, -0.2) is 22.6 Å². The van der Waals surface area contributed by atoms with Crippen LogP contribution in [0.3, 0.4) is 0 Å². The highest BCUT2D eigenvalue weighted by Crippen LogP contribution is 2.25. The van der Waals surface area contributed by atoms with Crippen molar-refractivity contribution < 1.29 is 13.6 Å². The standard InChI is InChI=1S/C18H16F2N4OS/c1-10(13-8-7-12(19)9-14(13)20)23-24-17(25)11(2)21-18-22-15-5-3-4-6-16(15)26-18/h3-9,11H,1-2H3,(H,21,22)(H,24,25)/b23-10-/t11-/m1/s1. The fourth-order valence-corrected chi connectivity index (χ4v) is 3.22. The number of benzene rings is 2. The molecule has 2 aromatic carbocycles. The van der Waals surface area contributed by atoms with Crippen LogP contribution >= 0.6 is 11.3 Å². The van der Waals surface area contributed by atoms with Gasteiger partial charge in [0, 0.05) is 11.6 Å². The average Bonchev–Trinajstić information content (AvgIpc) is 3.01. The van der Waals surface area contributed by atoms with Crippen LogP contribution in [-0.2, 0) is 4.79 Å². The zero-order valence-corrected chi connectivity index (χ0v) is 14.9. The van der Waals surface area contributed by atoms with E-state index in [9.17, 15) is 13.6 Å². The van der Waals surface area contributed by atoms with Gasteiger partial charge in [0.2, 0.25) is 0 Å². The zero-order valence-electron chi connectivity index (χ0n) is 14.1. The van der Waals surface area contributed by atoms with E-state index in [0.717, 1.165) is 22.3 Å². The number of amides is 1. The SMILES string of the molecule is C/C(=N/NC(=O)[C@@H](C)Nc1nc2ccccc2s1)c1ccc(F)cc1F. The van der Waals surface area contributed by atoms with Gasteiger partial charge in [-0.15, -0.1) is 0 Å². The number of halogens is 2. The molecule has 2 N–H and O–H groups in total. The van der Waals surface area contributed by atoms with Gasteiger partial charge in [0.15, 0.2) is 5.13 Å². The second-order valence-electron chi connectivity index (χ2n) is 5.65. The summed E-state index contributed by atoms with van der Waals surface area (Å²) in [5.41, 5.74) is 3.60. The lowest BCUT2D eigenvalue weighted by atomic mass is 10.1. The maximum absolute atomic E-state index is 13.7. The number of nitrogens with one attached hydrogen (secondary N) is 2. The lowest BCUT2D eigenvalue weighted by molar-refractivity contribution is -0.121. The number of hydrazone groups is 1. The zero-order chi connectivity index (χ0) is 18.7. The molecule has 0 fully saturated rings. The second kappa shape index (κ2) is 7.57. The predicted octanol–water partition coefficient (Wildman–Crippen LogP) is 3.92. The van der Waals surface area contributed by atoms with Gasteiger partial charge in [-0.25, -0.2) is 19.2 Å². The molecule has 5 nitrogen and oxygen atoms in total. The molecule has 0 radical (unpaired) electrons. The maximum Gasteiger partial charge on any atom is 0.262 e. The van der Waals surface area contributed by atoms with Crippen LogP contribution in [0.1, 0.15) is 19.4 Å². The van der Waals surface area contributed by atoms with Crippen LogP contribution in [0.25, 0.3) is 10.2 Å². The number of hydrogen-bond acceptors (Lipinski definition) is 5. The van der Waals surface area contributed by atoms with Gasteiger partial charge in [-0.3, -0.25) is 4.79 Å². The number of rotatable bonds is 5. The van der Waals surface area contributed by atoms with Crippen LogP contribution in [0.15, 0.2) is 47.6 Å². The van der Waals surface area contributed by atoms with Crippen LogP contribution in [0.5, 0.6) is 0 Å². The topological polar surface area (TPSA) is 66.4 Å². The molecule has 134 valence electrons. The Labute approximate surface area is 152 Å². The number of carbonyl (C=O) groups excluding carboxylic acids is 1. The van der Waals surface area contributed by atoms with Gasteiger partial charge in [-0.1, -0.05) is 23.5 Å². The number of hydrogen-bond donors (Lipinski definition) is 2. The first-order valence-corrected chi connectivity index (χ1v) is 8.67. The molecule has 1 aromatic heterocycles. The van der Waals surface area contributed by atoms with Crippen molar-refractivity contribution in [2.75, 3.05) is 5.32 Å². The van der Waals surface area contributed by atoms with Crippen LogP contribution in [0.4, 0.5) is 13.9 Å². The van der Waals surface area contributed by atoms with Gasteiger partial charge < -0.3 is 5.32 Å². The van der Waals surface area contributed by atoms with Crippen molar-refractivity contribution in [3.05, 3.63) is 59.7 Å². The molecule has 0 saturated carbocycles. The summed E-state index contributed by atoms with van der Waals surface area (Å²) >= 11 is 1.44. The van der Waals surface area contributed by atoms with E-state index in [-0.39, 0.29) is 11.3 Å². The van der Waals surface area contributed by atoms with Crippen molar-refractivity contribution in [3.63, 3.8) is 0 Å². The number of para-hydroxylation sites is 1. The Hall–Kier alpha value is -2.87. The summed E-state index contributed by atoms with van der Waals surface area (Å²) in [6.07, 6.45) is 0. The third-order valence-electron chi connectivity index (χ3n) is 3.68. The Kier molecular flexibility index (Phi) is 5.22. The normalized spacial score (nSPS) is 12.8. The number of carbonyl (C=O) groups is 1. The van der Waals surface area contributed by atoms with Gasteiger partial charge in [-0.2, -0.15) is 5.10 Å². The first-order valence-electron chi connectivity index (χ1n) is 7.85. The Morgan fingerprint density at radius 1 is 1.23 bits per heavy atom. The third kappa shape index (κ3) is 4.02. The minimum atomic E-state index is -0.735. The molecular weight excluding hydrogens is 358 g/mol. The Balaban J connectivity index is 1.65. The molecule has 1 heterocycles. The van der Waals surface area contributed by atoms with Crippen molar-refractivity contribution in [1.29, 1.82) is 0 Å². The van der Waals surface area contributed by atoms with Crippen molar-refractivity contribution >= 4 is 38.3 Å². The van der Waals surface area contributed by atoms with Gasteiger partial charge >= 0.3 is 0 Å². The fraction of sp³-hybridized carbons (Fsp3) is 0.167. The number of aromatic nitrogens is 1. The number of nitrogens with zero attached hydrogens (tertiary/aromatic N) is 2. The summed E-state index contributed by atoms with van der Waals surface area (Å²) < 4.78 is 27.7. The first-order chi connectivity index (χ1) is 12.4. The average molecular weight is 374 g/mol. The van der Waals surface area contributed by atoms with Crippen LogP contribution in [0, 0.1) is 11.6 Å². The summed E-state index contributed by atoms with van der Waals surface area (Å²) in [6.45, 7) is 3.20. The van der Waals surface area contributed by atoms with Gasteiger partial charge in [0.25, 0.3) is 5.91 Å². The second-order valence-corrected chi connectivity index (χ2v) is 6.68. The molecule has 0 bridgehead atoms. The summed E-state index contributed by atoms with van der Waals surface area (Å²) in [4.78, 5) is 16.6. The molecule has 1 amide bonds. The minimum Gasteiger partial charge on any atom is -0.350 e. The first kappa shape index (κ1) is 17.9. The van der Waals surface area contributed by atoms with Crippen LogP contribution < -0.4 is 10.7 Å². The largest absolute Gasteiger partial charge is 0.350 e. The van der Waals surface area contributed by atoms with Crippen molar-refractivity contribution in [1.82, 2.24) is 10.4 Å². The molecular formula is C18H16F2N4OS. The fourth-order valence-electron chi connectivity index (χ4n) is 2.26.